The average molecular weight is 658 g/mol. The van der Waals surface area contributed by atoms with E-state index in [1.807, 2.05) is 18.0 Å². The number of nitro groups is 1. The summed E-state index contributed by atoms with van der Waals surface area (Å²) < 4.78 is 37.1. The topological polar surface area (TPSA) is 190 Å². The predicted octanol–water partition coefficient (Wildman–Crippen LogP) is 3.55. The van der Waals surface area contributed by atoms with Gasteiger partial charge in [-0.2, -0.15) is 5.26 Å². The molecule has 2 N–H and O–H groups in total. The average Bonchev–Trinajstić information content (AvgIpc) is 3.08. The van der Waals surface area contributed by atoms with Crippen LogP contribution < -0.4 is 25.2 Å². The molecule has 14 nitrogen and oxygen atoms in total. The van der Waals surface area contributed by atoms with Crippen molar-refractivity contribution in [3.8, 4) is 11.8 Å². The number of anilines is 2. The lowest BCUT2D eigenvalue weighted by atomic mass is 9.81. The maximum atomic E-state index is 13.7. The lowest BCUT2D eigenvalue weighted by molar-refractivity contribution is -0.387. The molecule has 2 aromatic carbocycles. The fourth-order valence-corrected chi connectivity index (χ4v) is 7.82. The van der Waals surface area contributed by atoms with E-state index in [-0.39, 0.29) is 36.6 Å². The molecule has 47 heavy (non-hydrogen) atoms. The van der Waals surface area contributed by atoms with Crippen molar-refractivity contribution in [3.63, 3.8) is 0 Å². The zero-order valence-electron chi connectivity index (χ0n) is 25.3. The first kappa shape index (κ1) is 31.6. The monoisotopic (exact) mass is 657 g/mol. The zero-order valence-corrected chi connectivity index (χ0v) is 26.1. The molecular formula is C32H31N7O7S. The molecule has 1 amide bonds. The van der Waals surface area contributed by atoms with Gasteiger partial charge in [0.25, 0.3) is 17.2 Å². The molecule has 1 unspecified atom stereocenters. The number of nitrogens with one attached hydrogen (secondary N) is 2. The SMILES string of the molecule is CN(c1ccc2c(n1)NC(=O)CO2)[C@H]1CC[C@H](C(Cn2c(=O)ccc3ccc(C#N)cc32)NS(=O)(=O)c2ccccc2[N+](=O)[O-])CC1. The van der Waals surface area contributed by atoms with Gasteiger partial charge in [0.2, 0.25) is 10.0 Å². The fourth-order valence-electron chi connectivity index (χ4n) is 6.35. The number of amides is 1. The summed E-state index contributed by atoms with van der Waals surface area (Å²) in [5, 5.41) is 24.6. The first-order valence-corrected chi connectivity index (χ1v) is 16.5. The molecule has 1 aliphatic carbocycles. The van der Waals surface area contributed by atoms with Crippen molar-refractivity contribution in [2.45, 2.75) is 49.2 Å². The first-order valence-electron chi connectivity index (χ1n) is 15.0. The van der Waals surface area contributed by atoms with Crippen LogP contribution in [-0.4, -0.2) is 54.5 Å². The Morgan fingerprint density at radius 1 is 1.13 bits per heavy atom. The number of nitriles is 1. The number of carbonyl (C=O) groups excluding carboxylic acids is 1. The highest BCUT2D eigenvalue weighted by atomic mass is 32.2. The number of ether oxygens (including phenoxy) is 1. The number of benzene rings is 2. The summed E-state index contributed by atoms with van der Waals surface area (Å²) in [5.74, 6) is 0.965. The zero-order chi connectivity index (χ0) is 33.3. The second-order valence-electron chi connectivity index (χ2n) is 11.7. The van der Waals surface area contributed by atoms with Crippen LogP contribution in [0.4, 0.5) is 17.3 Å². The van der Waals surface area contributed by atoms with Crippen molar-refractivity contribution in [2.24, 2.45) is 5.92 Å². The van der Waals surface area contributed by atoms with Gasteiger partial charge in [0, 0.05) is 37.8 Å². The van der Waals surface area contributed by atoms with E-state index in [1.165, 1.54) is 28.8 Å². The van der Waals surface area contributed by atoms with Crippen molar-refractivity contribution in [2.75, 3.05) is 23.9 Å². The van der Waals surface area contributed by atoms with Crippen LogP contribution in [0.15, 0.2) is 76.4 Å². The molecule has 0 saturated heterocycles. The number of aromatic nitrogens is 2. The third-order valence-electron chi connectivity index (χ3n) is 8.84. The summed E-state index contributed by atoms with van der Waals surface area (Å²) in [6.45, 7) is -0.122. The molecule has 15 heteroatoms. The fraction of sp³-hybridized carbons (Fsp3) is 0.312. The molecule has 0 bridgehead atoms. The normalized spacial score (nSPS) is 18.3. The molecule has 242 valence electrons. The van der Waals surface area contributed by atoms with Crippen LogP contribution in [0.5, 0.6) is 5.75 Å². The Hall–Kier alpha value is -5.33. The Balaban J connectivity index is 1.29. The molecule has 2 aliphatic rings. The molecule has 3 heterocycles. The van der Waals surface area contributed by atoms with Crippen molar-refractivity contribution in [1.82, 2.24) is 14.3 Å². The largest absolute Gasteiger partial charge is 0.480 e. The van der Waals surface area contributed by atoms with Gasteiger partial charge in [-0.15, -0.1) is 0 Å². The Labute approximate surface area is 269 Å². The van der Waals surface area contributed by atoms with E-state index in [0.29, 0.717) is 59.5 Å². The maximum Gasteiger partial charge on any atom is 0.289 e. The molecule has 1 aliphatic heterocycles. The van der Waals surface area contributed by atoms with Gasteiger partial charge in [0.1, 0.15) is 5.82 Å². The molecule has 0 spiro atoms. The number of sulfonamides is 1. The number of hydrogen-bond acceptors (Lipinski definition) is 10. The van der Waals surface area contributed by atoms with Gasteiger partial charge in [-0.05, 0) is 73.4 Å². The summed E-state index contributed by atoms with van der Waals surface area (Å²) in [6, 6.07) is 18.0. The number of nitro benzene ring substituents is 1. The first-order chi connectivity index (χ1) is 22.5. The molecule has 1 atom stereocenters. The summed E-state index contributed by atoms with van der Waals surface area (Å²) in [6.07, 6.45) is 2.48. The lowest BCUT2D eigenvalue weighted by Gasteiger charge is -2.38. The number of rotatable bonds is 9. The highest BCUT2D eigenvalue weighted by Gasteiger charge is 2.35. The van der Waals surface area contributed by atoms with E-state index in [4.69, 9.17) is 4.74 Å². The van der Waals surface area contributed by atoms with E-state index < -0.39 is 31.6 Å². The predicted molar refractivity (Wildman–Crippen MR) is 173 cm³/mol. The number of para-hydroxylation sites is 1. The van der Waals surface area contributed by atoms with E-state index >= 15 is 0 Å². The summed E-state index contributed by atoms with van der Waals surface area (Å²) >= 11 is 0. The highest BCUT2D eigenvalue weighted by molar-refractivity contribution is 7.89. The number of hydrogen-bond donors (Lipinski definition) is 2. The standard InChI is InChI=1S/C32H31N7O7S/c1-37(29-14-13-27-32(34-29)35-30(40)19-46-27)23-11-8-21(9-12-23)24(36-47(44,45)28-5-3-2-4-25(28)39(42)43)18-38-26-16-20(17-33)6-7-22(26)10-15-31(38)41/h2-7,10,13-16,21,23-24,36H,8-9,11-12,18-19H2,1H3,(H,34,35,40)/t21-,23-,24?. The second kappa shape index (κ2) is 12.8. The highest BCUT2D eigenvalue weighted by Crippen LogP contribution is 2.35. The van der Waals surface area contributed by atoms with Crippen LogP contribution in [0.1, 0.15) is 31.2 Å². The number of fused-ring (bicyclic) bond motifs is 2. The summed E-state index contributed by atoms with van der Waals surface area (Å²) in [5.41, 5.74) is -0.0940. The molecule has 1 fully saturated rings. The Kier molecular flexibility index (Phi) is 8.63. The van der Waals surface area contributed by atoms with Crippen molar-refractivity contribution >= 4 is 44.2 Å². The van der Waals surface area contributed by atoms with Crippen molar-refractivity contribution in [3.05, 3.63) is 92.8 Å². The quantitative estimate of drug-likeness (QED) is 0.199. The van der Waals surface area contributed by atoms with Gasteiger partial charge in [-0.25, -0.2) is 18.1 Å². The van der Waals surface area contributed by atoms with Gasteiger partial charge in [-0.3, -0.25) is 19.7 Å². The van der Waals surface area contributed by atoms with Crippen LogP contribution >= 0.6 is 0 Å². The number of nitrogens with zero attached hydrogens (tertiary/aromatic N) is 5. The van der Waals surface area contributed by atoms with E-state index in [0.717, 1.165) is 6.07 Å². The summed E-state index contributed by atoms with van der Waals surface area (Å²) in [7, 11) is -2.49. The Morgan fingerprint density at radius 2 is 1.87 bits per heavy atom. The van der Waals surface area contributed by atoms with Gasteiger partial charge in [0.05, 0.1) is 22.1 Å². The van der Waals surface area contributed by atoms with E-state index in [9.17, 15) is 33.4 Å². The molecule has 0 radical (unpaired) electrons. The van der Waals surface area contributed by atoms with Crippen molar-refractivity contribution < 1.29 is 22.9 Å². The minimum atomic E-state index is -4.40. The molecule has 4 aromatic rings. The molecular weight excluding hydrogens is 626 g/mol. The Bertz CT molecular complexity index is 2090. The van der Waals surface area contributed by atoms with Crippen LogP contribution in [0.3, 0.4) is 0 Å². The minimum Gasteiger partial charge on any atom is -0.480 e. The second-order valence-corrected chi connectivity index (χ2v) is 13.3. The van der Waals surface area contributed by atoms with Gasteiger partial charge in [0.15, 0.2) is 23.1 Å². The van der Waals surface area contributed by atoms with E-state index in [1.54, 1.807) is 30.3 Å². The molecule has 2 aromatic heterocycles. The third-order valence-corrected chi connectivity index (χ3v) is 10.4. The minimum absolute atomic E-state index is 0.0444. The van der Waals surface area contributed by atoms with Crippen LogP contribution in [-0.2, 0) is 21.4 Å². The number of pyridine rings is 2. The van der Waals surface area contributed by atoms with Gasteiger partial charge >= 0.3 is 0 Å². The Morgan fingerprint density at radius 3 is 2.62 bits per heavy atom. The van der Waals surface area contributed by atoms with Crippen LogP contribution in [0.25, 0.3) is 10.9 Å². The lowest BCUT2D eigenvalue weighted by Crippen LogP contribution is -2.47. The number of carbonyl (C=O) groups is 1. The maximum absolute atomic E-state index is 13.7. The van der Waals surface area contributed by atoms with E-state index in [2.05, 4.69) is 21.1 Å². The summed E-state index contributed by atoms with van der Waals surface area (Å²) in [4.78, 5) is 42.1. The van der Waals surface area contributed by atoms with Crippen LogP contribution in [0.2, 0.25) is 0 Å². The smallest absolute Gasteiger partial charge is 0.289 e. The molecule has 6 rings (SSSR count). The molecule has 1 saturated carbocycles. The van der Waals surface area contributed by atoms with Gasteiger partial charge in [-0.1, -0.05) is 18.2 Å². The van der Waals surface area contributed by atoms with Crippen LogP contribution in [0, 0.1) is 27.4 Å². The van der Waals surface area contributed by atoms with Crippen molar-refractivity contribution in [1.29, 1.82) is 5.26 Å². The van der Waals surface area contributed by atoms with Gasteiger partial charge < -0.3 is 19.5 Å². The third kappa shape index (κ3) is 6.51.